The lowest BCUT2D eigenvalue weighted by Crippen LogP contribution is -2.15. The summed E-state index contributed by atoms with van der Waals surface area (Å²) in [6, 6.07) is 8.60. The van der Waals surface area contributed by atoms with Gasteiger partial charge in [-0.2, -0.15) is 0 Å². The molecule has 1 aromatic heterocycles. The Morgan fingerprint density at radius 2 is 1.90 bits per heavy atom. The van der Waals surface area contributed by atoms with Crippen molar-refractivity contribution in [1.82, 2.24) is 4.98 Å². The number of halogens is 2. The molecule has 0 aliphatic rings. The van der Waals surface area contributed by atoms with Crippen LogP contribution in [0.3, 0.4) is 0 Å². The average Bonchev–Trinajstić information content (AvgIpc) is 3.12. The molecule has 0 aliphatic heterocycles. The molecule has 2 aromatic carbocycles. The third-order valence-corrected chi connectivity index (χ3v) is 4.98. The molecule has 0 unspecified atom stereocenters. The van der Waals surface area contributed by atoms with Gasteiger partial charge in [-0.25, -0.2) is 18.6 Å². The SMILES string of the molecule is Cc1ccc(C)c(NC(=O)Cc2nc(COC(=O)c3ccc(F)c(F)c3)cs2)c1. The molecular weight excluding hydrogens is 398 g/mol. The van der Waals surface area contributed by atoms with Gasteiger partial charge in [0.25, 0.3) is 0 Å². The number of hydrogen-bond donors (Lipinski definition) is 1. The molecule has 1 amide bonds. The minimum absolute atomic E-state index is 0.0905. The number of nitrogens with zero attached hydrogens (tertiary/aromatic N) is 1. The van der Waals surface area contributed by atoms with Gasteiger partial charge in [-0.15, -0.1) is 11.3 Å². The first-order valence-electron chi connectivity index (χ1n) is 8.74. The molecule has 29 heavy (non-hydrogen) atoms. The van der Waals surface area contributed by atoms with E-state index < -0.39 is 17.6 Å². The second-order valence-corrected chi connectivity index (χ2v) is 7.42. The van der Waals surface area contributed by atoms with Gasteiger partial charge in [0.1, 0.15) is 11.6 Å². The van der Waals surface area contributed by atoms with Gasteiger partial charge in [0.05, 0.1) is 17.7 Å². The maximum atomic E-state index is 13.2. The van der Waals surface area contributed by atoms with Crippen LogP contribution in [-0.4, -0.2) is 16.9 Å². The molecule has 0 fully saturated rings. The monoisotopic (exact) mass is 416 g/mol. The van der Waals surface area contributed by atoms with Crippen molar-refractivity contribution in [3.8, 4) is 0 Å². The van der Waals surface area contributed by atoms with E-state index in [1.165, 1.54) is 11.3 Å². The number of hydrogen-bond acceptors (Lipinski definition) is 5. The summed E-state index contributed by atoms with van der Waals surface area (Å²) in [6.45, 7) is 3.73. The van der Waals surface area contributed by atoms with E-state index in [0.717, 1.165) is 35.0 Å². The molecule has 3 aromatic rings. The zero-order valence-electron chi connectivity index (χ0n) is 15.8. The van der Waals surface area contributed by atoms with Crippen LogP contribution in [0.15, 0.2) is 41.8 Å². The van der Waals surface area contributed by atoms with Gasteiger partial charge < -0.3 is 10.1 Å². The Morgan fingerprint density at radius 3 is 2.66 bits per heavy atom. The molecule has 1 N–H and O–H groups in total. The average molecular weight is 416 g/mol. The highest BCUT2D eigenvalue weighted by atomic mass is 32.1. The topological polar surface area (TPSA) is 68.3 Å². The summed E-state index contributed by atoms with van der Waals surface area (Å²) in [7, 11) is 0. The molecule has 0 aliphatic carbocycles. The first-order valence-corrected chi connectivity index (χ1v) is 9.62. The van der Waals surface area contributed by atoms with Gasteiger partial charge in [0.15, 0.2) is 11.6 Å². The fourth-order valence-corrected chi connectivity index (χ4v) is 3.32. The quantitative estimate of drug-likeness (QED) is 0.598. The predicted molar refractivity (Wildman–Crippen MR) is 106 cm³/mol. The molecule has 0 radical (unpaired) electrons. The Labute approximate surface area is 170 Å². The van der Waals surface area contributed by atoms with Crippen molar-refractivity contribution in [3.63, 3.8) is 0 Å². The molecule has 5 nitrogen and oxygen atoms in total. The number of nitrogens with one attached hydrogen (secondary N) is 1. The molecule has 3 rings (SSSR count). The first kappa shape index (κ1) is 20.6. The van der Waals surface area contributed by atoms with Crippen LogP contribution >= 0.6 is 11.3 Å². The van der Waals surface area contributed by atoms with E-state index >= 15 is 0 Å². The molecule has 0 saturated carbocycles. The second kappa shape index (κ2) is 8.91. The van der Waals surface area contributed by atoms with E-state index in [1.54, 1.807) is 5.38 Å². The summed E-state index contributed by atoms with van der Waals surface area (Å²) in [5.41, 5.74) is 3.15. The fraction of sp³-hybridized carbons (Fsp3) is 0.190. The highest BCUT2D eigenvalue weighted by molar-refractivity contribution is 7.09. The normalized spacial score (nSPS) is 10.6. The number of carbonyl (C=O) groups excluding carboxylic acids is 2. The highest BCUT2D eigenvalue weighted by Gasteiger charge is 2.13. The lowest BCUT2D eigenvalue weighted by molar-refractivity contribution is -0.115. The zero-order chi connectivity index (χ0) is 21.0. The summed E-state index contributed by atoms with van der Waals surface area (Å²) >= 11 is 1.27. The Morgan fingerprint density at radius 1 is 1.10 bits per heavy atom. The Balaban J connectivity index is 1.55. The summed E-state index contributed by atoms with van der Waals surface area (Å²) in [4.78, 5) is 28.5. The molecule has 0 atom stereocenters. The van der Waals surface area contributed by atoms with Gasteiger partial charge in [0.2, 0.25) is 5.91 Å². The van der Waals surface area contributed by atoms with Crippen LogP contribution in [0.25, 0.3) is 0 Å². The van der Waals surface area contributed by atoms with Crippen LogP contribution in [-0.2, 0) is 22.6 Å². The lowest BCUT2D eigenvalue weighted by Gasteiger charge is -2.08. The molecular formula is C21H18F2N2O3S. The highest BCUT2D eigenvalue weighted by Crippen LogP contribution is 2.18. The van der Waals surface area contributed by atoms with Crippen molar-refractivity contribution in [3.05, 3.63) is 80.8 Å². The largest absolute Gasteiger partial charge is 0.456 e. The van der Waals surface area contributed by atoms with Crippen molar-refractivity contribution >= 4 is 28.9 Å². The molecule has 0 spiro atoms. The Kier molecular flexibility index (Phi) is 6.33. The van der Waals surface area contributed by atoms with Crippen LogP contribution in [0.5, 0.6) is 0 Å². The Hall–Kier alpha value is -3.13. The standard InChI is InChI=1S/C21H18F2N2O3S/c1-12-3-4-13(2)18(7-12)25-19(26)9-20-24-15(11-29-20)10-28-21(27)14-5-6-16(22)17(23)8-14/h3-8,11H,9-10H2,1-2H3,(H,25,26). The molecule has 8 heteroatoms. The van der Waals surface area contributed by atoms with Crippen LogP contribution in [0.2, 0.25) is 0 Å². The van der Waals surface area contributed by atoms with E-state index in [1.807, 2.05) is 32.0 Å². The van der Waals surface area contributed by atoms with E-state index in [-0.39, 0.29) is 24.5 Å². The minimum Gasteiger partial charge on any atom is -0.456 e. The van der Waals surface area contributed by atoms with Crippen molar-refractivity contribution in [2.75, 3.05) is 5.32 Å². The summed E-state index contributed by atoms with van der Waals surface area (Å²) in [5, 5.41) is 5.12. The molecule has 0 bridgehead atoms. The third-order valence-electron chi connectivity index (χ3n) is 4.08. The van der Waals surface area contributed by atoms with E-state index in [2.05, 4.69) is 10.3 Å². The van der Waals surface area contributed by atoms with Gasteiger partial charge in [-0.1, -0.05) is 12.1 Å². The summed E-state index contributed by atoms with van der Waals surface area (Å²) in [6.07, 6.45) is 0.0924. The van der Waals surface area contributed by atoms with E-state index in [4.69, 9.17) is 4.74 Å². The maximum Gasteiger partial charge on any atom is 0.338 e. The number of aryl methyl sites for hydroxylation is 2. The maximum absolute atomic E-state index is 13.2. The lowest BCUT2D eigenvalue weighted by atomic mass is 10.1. The number of rotatable bonds is 6. The van der Waals surface area contributed by atoms with E-state index in [9.17, 15) is 18.4 Å². The van der Waals surface area contributed by atoms with Gasteiger partial charge >= 0.3 is 5.97 Å². The molecule has 0 saturated heterocycles. The van der Waals surface area contributed by atoms with Crippen LogP contribution < -0.4 is 5.32 Å². The van der Waals surface area contributed by atoms with E-state index in [0.29, 0.717) is 10.7 Å². The first-order chi connectivity index (χ1) is 13.8. The number of aromatic nitrogens is 1. The van der Waals surface area contributed by atoms with Crippen molar-refractivity contribution in [2.45, 2.75) is 26.9 Å². The molecule has 150 valence electrons. The number of amides is 1. The van der Waals surface area contributed by atoms with Crippen LogP contribution in [0.1, 0.15) is 32.2 Å². The van der Waals surface area contributed by atoms with Gasteiger partial charge in [0, 0.05) is 11.1 Å². The van der Waals surface area contributed by atoms with Crippen molar-refractivity contribution in [2.24, 2.45) is 0 Å². The Bertz CT molecular complexity index is 1070. The number of esters is 1. The van der Waals surface area contributed by atoms with Crippen molar-refractivity contribution < 1.29 is 23.1 Å². The smallest absolute Gasteiger partial charge is 0.338 e. The summed E-state index contributed by atoms with van der Waals surface area (Å²) in [5.74, 6) is -3.14. The second-order valence-electron chi connectivity index (χ2n) is 6.48. The third kappa shape index (κ3) is 5.45. The van der Waals surface area contributed by atoms with Crippen LogP contribution in [0.4, 0.5) is 14.5 Å². The number of carbonyl (C=O) groups is 2. The minimum atomic E-state index is -1.12. The number of ether oxygens (including phenoxy) is 1. The van der Waals surface area contributed by atoms with Gasteiger partial charge in [-0.05, 0) is 49.2 Å². The van der Waals surface area contributed by atoms with Crippen molar-refractivity contribution in [1.29, 1.82) is 0 Å². The van der Waals surface area contributed by atoms with Crippen LogP contribution in [0, 0.1) is 25.5 Å². The molecule has 1 heterocycles. The number of benzene rings is 2. The number of thiazole rings is 1. The van der Waals surface area contributed by atoms with Gasteiger partial charge in [-0.3, -0.25) is 4.79 Å². The fourth-order valence-electron chi connectivity index (χ4n) is 2.54. The zero-order valence-corrected chi connectivity index (χ0v) is 16.6. The predicted octanol–water partition coefficient (Wildman–Crippen LogP) is 4.58. The summed E-state index contributed by atoms with van der Waals surface area (Å²) < 4.78 is 31.2. The number of anilines is 1.